The van der Waals surface area contributed by atoms with Gasteiger partial charge < -0.3 is 14.4 Å². The first-order valence-electron chi connectivity index (χ1n) is 10.4. The molecule has 2 aliphatic rings. The maximum atomic E-state index is 12.9. The molecule has 4 heterocycles. The van der Waals surface area contributed by atoms with Gasteiger partial charge in [-0.1, -0.05) is 17.3 Å². The van der Waals surface area contributed by atoms with Crippen LogP contribution in [0.3, 0.4) is 0 Å². The van der Waals surface area contributed by atoms with Gasteiger partial charge in [0.15, 0.2) is 23.3 Å². The van der Waals surface area contributed by atoms with Crippen LogP contribution in [0, 0.1) is 6.92 Å². The van der Waals surface area contributed by atoms with E-state index in [4.69, 9.17) is 9.47 Å². The van der Waals surface area contributed by atoms with Crippen molar-refractivity contribution in [3.05, 3.63) is 52.2 Å². The van der Waals surface area contributed by atoms with Gasteiger partial charge in [0.2, 0.25) is 0 Å². The van der Waals surface area contributed by atoms with Gasteiger partial charge in [0, 0.05) is 38.1 Å². The highest BCUT2D eigenvalue weighted by Gasteiger charge is 2.26. The number of piperazine rings is 1. The second-order valence-electron chi connectivity index (χ2n) is 7.75. The number of benzene rings is 1. The third-order valence-electron chi connectivity index (χ3n) is 5.43. The minimum Gasteiger partial charge on any atom is -0.486 e. The van der Waals surface area contributed by atoms with Crippen LogP contribution in [0.15, 0.2) is 35.8 Å². The summed E-state index contributed by atoms with van der Waals surface area (Å²) in [4.78, 5) is 21.6. The van der Waals surface area contributed by atoms with Gasteiger partial charge in [-0.25, -0.2) is 9.67 Å². The number of aryl methyl sites for hydroxylation is 1. The molecule has 0 radical (unpaired) electrons. The standard InChI is InChI=1S/C21H24N6O3S/c1-15-22-16(14-31-15)10-25-6-8-26(9-7-25)21(28)18-12-27(24-23-18)11-17-13-29-19-4-2-3-5-20(19)30-17/h2-5,12,14,17H,6-11,13H2,1H3. The number of ether oxygens (including phenoxy) is 2. The lowest BCUT2D eigenvalue weighted by Gasteiger charge is -2.33. The van der Waals surface area contributed by atoms with E-state index < -0.39 is 0 Å². The van der Waals surface area contributed by atoms with Crippen molar-refractivity contribution in [2.24, 2.45) is 0 Å². The molecular weight excluding hydrogens is 416 g/mol. The second kappa shape index (κ2) is 8.64. The van der Waals surface area contributed by atoms with Crippen molar-refractivity contribution in [3.63, 3.8) is 0 Å². The van der Waals surface area contributed by atoms with E-state index in [1.54, 1.807) is 22.2 Å². The first-order chi connectivity index (χ1) is 15.1. The predicted molar refractivity (Wildman–Crippen MR) is 114 cm³/mol. The molecule has 2 aliphatic heterocycles. The highest BCUT2D eigenvalue weighted by molar-refractivity contribution is 7.09. The van der Waals surface area contributed by atoms with Crippen LogP contribution >= 0.6 is 11.3 Å². The molecule has 1 unspecified atom stereocenters. The maximum absolute atomic E-state index is 12.9. The van der Waals surface area contributed by atoms with Crippen molar-refractivity contribution in [1.82, 2.24) is 29.8 Å². The average Bonchev–Trinajstić information content (AvgIpc) is 3.42. The molecule has 31 heavy (non-hydrogen) atoms. The predicted octanol–water partition coefficient (Wildman–Crippen LogP) is 1.84. The van der Waals surface area contributed by atoms with Crippen LogP contribution in [0.1, 0.15) is 21.2 Å². The lowest BCUT2D eigenvalue weighted by molar-refractivity contribution is 0.0621. The third-order valence-corrected chi connectivity index (χ3v) is 6.25. The average molecular weight is 441 g/mol. The Morgan fingerprint density at radius 3 is 2.77 bits per heavy atom. The Morgan fingerprint density at radius 2 is 2.00 bits per heavy atom. The molecule has 1 saturated heterocycles. The van der Waals surface area contributed by atoms with Crippen LogP contribution in [0.2, 0.25) is 0 Å². The van der Waals surface area contributed by atoms with E-state index in [0.29, 0.717) is 31.9 Å². The largest absolute Gasteiger partial charge is 0.486 e. The molecular formula is C21H24N6O3S. The molecule has 5 rings (SSSR count). The number of fused-ring (bicyclic) bond motifs is 1. The first-order valence-corrected chi connectivity index (χ1v) is 11.2. The fourth-order valence-electron chi connectivity index (χ4n) is 3.83. The van der Waals surface area contributed by atoms with Crippen molar-refractivity contribution in [2.45, 2.75) is 26.1 Å². The van der Waals surface area contributed by atoms with Crippen molar-refractivity contribution in [1.29, 1.82) is 0 Å². The van der Waals surface area contributed by atoms with Crippen LogP contribution in [-0.2, 0) is 13.1 Å². The minimum atomic E-state index is -0.183. The van der Waals surface area contributed by atoms with Crippen molar-refractivity contribution >= 4 is 17.2 Å². The number of thiazole rings is 1. The van der Waals surface area contributed by atoms with E-state index in [-0.39, 0.29) is 12.0 Å². The van der Waals surface area contributed by atoms with Crippen molar-refractivity contribution in [3.8, 4) is 11.5 Å². The van der Waals surface area contributed by atoms with Crippen LogP contribution in [-0.4, -0.2) is 74.6 Å². The molecule has 1 fully saturated rings. The van der Waals surface area contributed by atoms with Gasteiger partial charge in [-0.2, -0.15) is 0 Å². The summed E-state index contributed by atoms with van der Waals surface area (Å²) >= 11 is 1.67. The Bertz CT molecular complexity index is 1060. The topological polar surface area (TPSA) is 85.6 Å². The van der Waals surface area contributed by atoms with Gasteiger partial charge in [0.1, 0.15) is 6.61 Å². The molecule has 162 valence electrons. The molecule has 0 bridgehead atoms. The fourth-order valence-corrected chi connectivity index (χ4v) is 4.43. The number of carbonyl (C=O) groups is 1. The molecule has 1 amide bonds. The summed E-state index contributed by atoms with van der Waals surface area (Å²) in [5, 5.41) is 11.4. The van der Waals surface area contributed by atoms with Gasteiger partial charge in [0.25, 0.3) is 5.91 Å². The van der Waals surface area contributed by atoms with E-state index >= 15 is 0 Å². The number of carbonyl (C=O) groups excluding carboxylic acids is 1. The lowest BCUT2D eigenvalue weighted by atomic mass is 10.2. The van der Waals surface area contributed by atoms with E-state index in [9.17, 15) is 4.79 Å². The summed E-state index contributed by atoms with van der Waals surface area (Å²) in [5.74, 6) is 1.39. The van der Waals surface area contributed by atoms with Gasteiger partial charge in [0.05, 0.1) is 23.4 Å². The second-order valence-corrected chi connectivity index (χ2v) is 8.81. The molecule has 2 aromatic heterocycles. The number of aromatic nitrogens is 4. The van der Waals surface area contributed by atoms with Crippen LogP contribution in [0.5, 0.6) is 11.5 Å². The van der Waals surface area contributed by atoms with E-state index in [0.717, 1.165) is 41.8 Å². The number of para-hydroxylation sites is 2. The fraction of sp³-hybridized carbons (Fsp3) is 0.429. The molecule has 1 aromatic carbocycles. The summed E-state index contributed by atoms with van der Waals surface area (Å²) in [6.45, 7) is 6.73. The lowest BCUT2D eigenvalue weighted by Crippen LogP contribution is -2.48. The Morgan fingerprint density at radius 1 is 1.19 bits per heavy atom. The summed E-state index contributed by atoms with van der Waals surface area (Å²) in [7, 11) is 0. The van der Waals surface area contributed by atoms with Gasteiger partial charge in [-0.15, -0.1) is 16.4 Å². The molecule has 3 aromatic rings. The van der Waals surface area contributed by atoms with Crippen molar-refractivity contribution < 1.29 is 14.3 Å². The summed E-state index contributed by atoms with van der Waals surface area (Å²) in [6.07, 6.45) is 1.51. The van der Waals surface area contributed by atoms with Crippen LogP contribution < -0.4 is 9.47 Å². The Kier molecular flexibility index (Phi) is 5.56. The van der Waals surface area contributed by atoms with Crippen LogP contribution in [0.25, 0.3) is 0 Å². The molecule has 9 nitrogen and oxygen atoms in total. The maximum Gasteiger partial charge on any atom is 0.276 e. The zero-order chi connectivity index (χ0) is 21.2. The van der Waals surface area contributed by atoms with Crippen molar-refractivity contribution in [2.75, 3.05) is 32.8 Å². The summed E-state index contributed by atoms with van der Waals surface area (Å²) < 4.78 is 13.4. The summed E-state index contributed by atoms with van der Waals surface area (Å²) in [5.41, 5.74) is 1.46. The number of nitrogens with zero attached hydrogens (tertiary/aromatic N) is 6. The minimum absolute atomic E-state index is 0.0819. The molecule has 0 aliphatic carbocycles. The van der Waals surface area contributed by atoms with Gasteiger partial charge in [-0.3, -0.25) is 9.69 Å². The molecule has 10 heteroatoms. The SMILES string of the molecule is Cc1nc(CN2CCN(C(=O)c3cn(CC4COc5ccccc5O4)nn3)CC2)cs1. The third kappa shape index (κ3) is 4.54. The Balaban J connectivity index is 1.14. The van der Waals surface area contributed by atoms with E-state index in [2.05, 4.69) is 25.6 Å². The molecule has 1 atom stereocenters. The smallest absolute Gasteiger partial charge is 0.276 e. The highest BCUT2D eigenvalue weighted by atomic mass is 32.1. The zero-order valence-corrected chi connectivity index (χ0v) is 18.1. The van der Waals surface area contributed by atoms with Crippen LogP contribution in [0.4, 0.5) is 0 Å². The highest BCUT2D eigenvalue weighted by Crippen LogP contribution is 2.31. The number of hydrogen-bond acceptors (Lipinski definition) is 8. The summed E-state index contributed by atoms with van der Waals surface area (Å²) in [6, 6.07) is 7.59. The van der Waals surface area contributed by atoms with E-state index in [1.807, 2.05) is 36.1 Å². The normalized spacial score (nSPS) is 18.9. The number of hydrogen-bond donors (Lipinski definition) is 0. The molecule has 0 saturated carbocycles. The quantitative estimate of drug-likeness (QED) is 0.598. The number of amides is 1. The number of rotatable bonds is 5. The molecule has 0 N–H and O–H groups in total. The molecule has 0 spiro atoms. The Labute approximate surface area is 184 Å². The monoisotopic (exact) mass is 440 g/mol. The Hall–Kier alpha value is -2.98. The van der Waals surface area contributed by atoms with E-state index in [1.165, 1.54) is 0 Å². The first kappa shape index (κ1) is 20.0. The zero-order valence-electron chi connectivity index (χ0n) is 17.3. The van der Waals surface area contributed by atoms with Gasteiger partial charge >= 0.3 is 0 Å². The van der Waals surface area contributed by atoms with Gasteiger partial charge in [-0.05, 0) is 19.1 Å².